The molecule has 0 saturated carbocycles. The quantitative estimate of drug-likeness (QED) is 0.312. The topological polar surface area (TPSA) is 58.4 Å². The molecule has 29 heavy (non-hydrogen) atoms. The summed E-state index contributed by atoms with van der Waals surface area (Å²) in [7, 11) is 0. The van der Waals surface area contributed by atoms with Crippen molar-refractivity contribution < 1.29 is 18.6 Å². The van der Waals surface area contributed by atoms with Crippen molar-refractivity contribution in [2.24, 2.45) is 0 Å². The molecule has 6 nitrogen and oxygen atoms in total. The average Bonchev–Trinajstić information content (AvgIpc) is 3.15. The summed E-state index contributed by atoms with van der Waals surface area (Å²) in [5.41, 5.74) is 0. The zero-order valence-corrected chi connectivity index (χ0v) is 16.5. The molecule has 0 unspecified atom stereocenters. The van der Waals surface area contributed by atoms with Crippen molar-refractivity contribution in [2.75, 3.05) is 19.0 Å². The van der Waals surface area contributed by atoms with Crippen molar-refractivity contribution in [3.8, 4) is 17.2 Å². The molecule has 150 valence electrons. The molecule has 0 fully saturated rings. The molecule has 0 aliphatic carbocycles. The van der Waals surface area contributed by atoms with E-state index >= 15 is 0 Å². The molecule has 0 saturated heterocycles. The van der Waals surface area contributed by atoms with Gasteiger partial charge in [0.1, 0.15) is 18.2 Å². The smallest absolute Gasteiger partial charge is 0.192 e. The molecular formula is C21H20FN3O3S. The number of halogens is 1. The van der Waals surface area contributed by atoms with Gasteiger partial charge in [0.05, 0.1) is 6.61 Å². The lowest BCUT2D eigenvalue weighted by atomic mass is 10.2. The average molecular weight is 413 g/mol. The van der Waals surface area contributed by atoms with E-state index in [2.05, 4.69) is 16.8 Å². The van der Waals surface area contributed by atoms with Crippen LogP contribution < -0.4 is 14.2 Å². The van der Waals surface area contributed by atoms with Crippen molar-refractivity contribution in [1.82, 2.24) is 14.8 Å². The third-order valence-corrected chi connectivity index (χ3v) is 5.18. The Morgan fingerprint density at radius 3 is 2.76 bits per heavy atom. The van der Waals surface area contributed by atoms with Gasteiger partial charge < -0.3 is 14.2 Å². The lowest BCUT2D eigenvalue weighted by molar-refractivity contribution is 0.0821. The van der Waals surface area contributed by atoms with E-state index in [4.69, 9.17) is 14.2 Å². The molecular weight excluding hydrogens is 393 g/mol. The van der Waals surface area contributed by atoms with Crippen molar-refractivity contribution in [3.05, 3.63) is 72.8 Å². The minimum absolute atomic E-state index is 0.284. The van der Waals surface area contributed by atoms with Crippen LogP contribution in [0.1, 0.15) is 11.9 Å². The highest BCUT2D eigenvalue weighted by Crippen LogP contribution is 2.36. The standard InChI is InChI=1S/C21H20FN3O3S/c1-2-11-25-20(19-14-27-17-5-3-4-6-18(17)28-19)23-24-21(25)29-13-12-26-16-9-7-15(22)8-10-16/h2-10,19H,1,11-14H2/t19-/m1/s1. The number of para-hydroxylation sites is 2. The number of allylic oxidation sites excluding steroid dienone is 1. The second kappa shape index (κ2) is 9.00. The number of nitrogens with zero attached hydrogens (tertiary/aromatic N) is 3. The summed E-state index contributed by atoms with van der Waals surface area (Å²) in [5.74, 6) is 3.13. The monoisotopic (exact) mass is 413 g/mol. The van der Waals surface area contributed by atoms with E-state index in [9.17, 15) is 4.39 Å². The highest BCUT2D eigenvalue weighted by molar-refractivity contribution is 7.99. The van der Waals surface area contributed by atoms with Gasteiger partial charge in [-0.15, -0.1) is 16.8 Å². The molecule has 0 spiro atoms. The molecule has 3 aromatic rings. The predicted molar refractivity (Wildman–Crippen MR) is 108 cm³/mol. The number of hydrogen-bond donors (Lipinski definition) is 0. The fourth-order valence-corrected chi connectivity index (χ4v) is 3.69. The summed E-state index contributed by atoms with van der Waals surface area (Å²) in [6.45, 7) is 5.22. The molecule has 0 N–H and O–H groups in total. The summed E-state index contributed by atoms with van der Waals surface area (Å²) < 4.78 is 32.4. The minimum Gasteiger partial charge on any atom is -0.493 e. The van der Waals surface area contributed by atoms with Gasteiger partial charge in [0.25, 0.3) is 0 Å². The maximum Gasteiger partial charge on any atom is 0.192 e. The summed E-state index contributed by atoms with van der Waals surface area (Å²) in [6, 6.07) is 13.5. The van der Waals surface area contributed by atoms with Gasteiger partial charge in [0.15, 0.2) is 28.6 Å². The van der Waals surface area contributed by atoms with E-state index in [0.717, 1.165) is 10.9 Å². The number of ether oxygens (including phenoxy) is 3. The molecule has 1 atom stereocenters. The normalized spacial score (nSPS) is 15.1. The van der Waals surface area contributed by atoms with Crippen LogP contribution in [0.25, 0.3) is 0 Å². The van der Waals surface area contributed by atoms with Gasteiger partial charge in [0.2, 0.25) is 0 Å². The maximum absolute atomic E-state index is 12.9. The molecule has 0 bridgehead atoms. The fourth-order valence-electron chi connectivity index (χ4n) is 2.92. The largest absolute Gasteiger partial charge is 0.493 e. The number of thioether (sulfide) groups is 1. The Hall–Kier alpha value is -3.00. The minimum atomic E-state index is -0.345. The Morgan fingerprint density at radius 2 is 1.97 bits per heavy atom. The molecule has 1 aromatic heterocycles. The van der Waals surface area contributed by atoms with Crippen LogP contribution in [0.3, 0.4) is 0 Å². The Morgan fingerprint density at radius 1 is 1.17 bits per heavy atom. The first-order valence-electron chi connectivity index (χ1n) is 9.18. The Labute approximate surface area is 172 Å². The summed E-state index contributed by atoms with van der Waals surface area (Å²) in [4.78, 5) is 0. The van der Waals surface area contributed by atoms with E-state index in [-0.39, 0.29) is 11.9 Å². The molecule has 1 aliphatic rings. The number of benzene rings is 2. The number of hydrogen-bond acceptors (Lipinski definition) is 6. The summed E-state index contributed by atoms with van der Waals surface area (Å²) in [6.07, 6.45) is 1.45. The highest BCUT2D eigenvalue weighted by Gasteiger charge is 2.28. The maximum atomic E-state index is 12.9. The van der Waals surface area contributed by atoms with Crippen LogP contribution >= 0.6 is 11.8 Å². The van der Waals surface area contributed by atoms with Crippen LogP contribution in [-0.2, 0) is 6.54 Å². The zero-order chi connectivity index (χ0) is 20.1. The SMILES string of the molecule is C=CCn1c(SCCOc2ccc(F)cc2)nnc1[C@H]1COc2ccccc2O1. The first kappa shape index (κ1) is 19.3. The van der Waals surface area contributed by atoms with E-state index in [0.29, 0.717) is 42.8 Å². The molecule has 8 heteroatoms. The first-order valence-corrected chi connectivity index (χ1v) is 10.2. The first-order chi connectivity index (χ1) is 14.2. The van der Waals surface area contributed by atoms with Gasteiger partial charge in [-0.2, -0.15) is 0 Å². The third kappa shape index (κ3) is 4.54. The predicted octanol–water partition coefficient (Wildman–Crippen LogP) is 4.29. The fraction of sp³-hybridized carbons (Fsp3) is 0.238. The Balaban J connectivity index is 1.40. The Kier molecular flexibility index (Phi) is 6.00. The van der Waals surface area contributed by atoms with Gasteiger partial charge >= 0.3 is 0 Å². The van der Waals surface area contributed by atoms with Gasteiger partial charge in [-0.05, 0) is 36.4 Å². The van der Waals surface area contributed by atoms with E-state index in [1.54, 1.807) is 18.2 Å². The number of aromatic nitrogens is 3. The molecule has 2 aromatic carbocycles. The summed E-state index contributed by atoms with van der Waals surface area (Å²) >= 11 is 1.53. The molecule has 2 heterocycles. The second-order valence-electron chi connectivity index (χ2n) is 6.26. The highest BCUT2D eigenvalue weighted by atomic mass is 32.2. The van der Waals surface area contributed by atoms with Crippen LogP contribution in [-0.4, -0.2) is 33.7 Å². The van der Waals surface area contributed by atoms with Crippen LogP contribution in [0.5, 0.6) is 17.2 Å². The lowest BCUT2D eigenvalue weighted by Crippen LogP contribution is -2.25. The molecule has 0 radical (unpaired) electrons. The van der Waals surface area contributed by atoms with Gasteiger partial charge in [-0.3, -0.25) is 4.57 Å². The van der Waals surface area contributed by atoms with Gasteiger partial charge in [-0.25, -0.2) is 4.39 Å². The second-order valence-corrected chi connectivity index (χ2v) is 7.32. The van der Waals surface area contributed by atoms with Crippen LogP contribution in [0, 0.1) is 5.82 Å². The number of rotatable bonds is 8. The van der Waals surface area contributed by atoms with Crippen LogP contribution in [0.4, 0.5) is 4.39 Å². The van der Waals surface area contributed by atoms with E-state index in [1.807, 2.05) is 28.8 Å². The van der Waals surface area contributed by atoms with Gasteiger partial charge in [-0.1, -0.05) is 30.0 Å². The summed E-state index contributed by atoms with van der Waals surface area (Å²) in [5, 5.41) is 9.40. The number of fused-ring (bicyclic) bond motifs is 1. The van der Waals surface area contributed by atoms with Gasteiger partial charge in [0, 0.05) is 12.3 Å². The third-order valence-electron chi connectivity index (χ3n) is 4.25. The Bertz CT molecular complexity index is 978. The van der Waals surface area contributed by atoms with E-state index < -0.39 is 0 Å². The molecule has 1 aliphatic heterocycles. The molecule has 0 amide bonds. The molecule has 4 rings (SSSR count). The van der Waals surface area contributed by atoms with Crippen LogP contribution in [0.2, 0.25) is 0 Å². The lowest BCUT2D eigenvalue weighted by Gasteiger charge is -2.26. The van der Waals surface area contributed by atoms with Crippen molar-refractivity contribution >= 4 is 11.8 Å². The van der Waals surface area contributed by atoms with Crippen LogP contribution in [0.15, 0.2) is 66.3 Å². The van der Waals surface area contributed by atoms with E-state index in [1.165, 1.54) is 23.9 Å². The van der Waals surface area contributed by atoms with Crippen molar-refractivity contribution in [3.63, 3.8) is 0 Å². The zero-order valence-electron chi connectivity index (χ0n) is 15.7. The van der Waals surface area contributed by atoms with Crippen molar-refractivity contribution in [1.29, 1.82) is 0 Å². The van der Waals surface area contributed by atoms with Crippen molar-refractivity contribution in [2.45, 2.75) is 17.8 Å².